The number of nitrogens with zero attached hydrogens (tertiary/aromatic N) is 1. The van der Waals surface area contributed by atoms with Crippen molar-refractivity contribution < 1.29 is 4.39 Å². The van der Waals surface area contributed by atoms with Gasteiger partial charge in [0.1, 0.15) is 0 Å². The third-order valence-corrected chi connectivity index (χ3v) is 3.13. The molecular weight excluding hydrogens is 235 g/mol. The summed E-state index contributed by atoms with van der Waals surface area (Å²) in [5.41, 5.74) is 2.01. The summed E-state index contributed by atoms with van der Waals surface area (Å²) < 4.78 is 12.6. The molecule has 0 amide bonds. The Balaban J connectivity index is 1.95. The van der Waals surface area contributed by atoms with Gasteiger partial charge in [-0.05, 0) is 36.1 Å². The minimum absolute atomic E-state index is 0.458. The van der Waals surface area contributed by atoms with E-state index in [4.69, 9.17) is 0 Å². The molecule has 2 nitrogen and oxygen atoms in total. The lowest BCUT2D eigenvalue weighted by Crippen LogP contribution is -1.99. The number of rotatable bonds is 4. The summed E-state index contributed by atoms with van der Waals surface area (Å²) in [6.07, 6.45) is 3.54. The minimum Gasteiger partial charge on any atom is -0.380 e. The van der Waals surface area contributed by atoms with Crippen molar-refractivity contribution in [1.29, 1.82) is 0 Å². The smallest absolute Gasteiger partial charge is 0.212 e. The van der Waals surface area contributed by atoms with E-state index < -0.39 is 5.95 Å². The highest BCUT2D eigenvalue weighted by Crippen LogP contribution is 2.15. The second-order valence-electron chi connectivity index (χ2n) is 3.57. The summed E-state index contributed by atoms with van der Waals surface area (Å²) in [6, 6.07) is 11.4. The molecule has 88 valence electrons. The fourth-order valence-electron chi connectivity index (χ4n) is 1.43. The Labute approximate surface area is 104 Å². The Morgan fingerprint density at radius 3 is 2.53 bits per heavy atom. The lowest BCUT2D eigenvalue weighted by Gasteiger charge is -2.06. The van der Waals surface area contributed by atoms with Crippen LogP contribution in [0.25, 0.3) is 0 Å². The number of halogens is 1. The first-order chi connectivity index (χ1) is 8.28. The Morgan fingerprint density at radius 2 is 1.94 bits per heavy atom. The average molecular weight is 248 g/mol. The Morgan fingerprint density at radius 1 is 1.18 bits per heavy atom. The Bertz CT molecular complexity index is 468. The maximum atomic E-state index is 12.6. The number of hydrogen-bond donors (Lipinski definition) is 1. The fourth-order valence-corrected chi connectivity index (χ4v) is 1.84. The summed E-state index contributed by atoms with van der Waals surface area (Å²) in [7, 11) is 0. The predicted molar refractivity (Wildman–Crippen MR) is 69.7 cm³/mol. The molecular formula is C13H13FN2S. The van der Waals surface area contributed by atoms with E-state index in [9.17, 15) is 4.39 Å². The van der Waals surface area contributed by atoms with Gasteiger partial charge in [0.2, 0.25) is 5.95 Å². The fraction of sp³-hybridized carbons (Fsp3) is 0.154. The number of hydrogen-bond acceptors (Lipinski definition) is 3. The molecule has 2 rings (SSSR count). The van der Waals surface area contributed by atoms with Gasteiger partial charge in [-0.25, -0.2) is 4.98 Å². The maximum absolute atomic E-state index is 12.6. The van der Waals surface area contributed by atoms with Crippen molar-refractivity contribution in [3.05, 3.63) is 54.1 Å². The van der Waals surface area contributed by atoms with Gasteiger partial charge in [0.05, 0.1) is 11.9 Å². The van der Waals surface area contributed by atoms with Crippen LogP contribution in [0, 0.1) is 5.95 Å². The Kier molecular flexibility index (Phi) is 3.98. The molecule has 0 radical (unpaired) electrons. The molecule has 1 heterocycles. The Hall–Kier alpha value is -1.55. The van der Waals surface area contributed by atoms with Crippen molar-refractivity contribution in [1.82, 2.24) is 4.98 Å². The number of aromatic nitrogens is 1. The van der Waals surface area contributed by atoms with E-state index in [2.05, 4.69) is 40.8 Å². The summed E-state index contributed by atoms with van der Waals surface area (Å²) in [4.78, 5) is 4.83. The third kappa shape index (κ3) is 3.46. The maximum Gasteiger partial charge on any atom is 0.212 e. The lowest BCUT2D eigenvalue weighted by atomic mass is 10.2. The van der Waals surface area contributed by atoms with Gasteiger partial charge in [-0.2, -0.15) is 4.39 Å². The number of benzene rings is 1. The molecule has 17 heavy (non-hydrogen) atoms. The van der Waals surface area contributed by atoms with Gasteiger partial charge >= 0.3 is 0 Å². The van der Waals surface area contributed by atoms with Crippen LogP contribution in [0.4, 0.5) is 10.1 Å². The summed E-state index contributed by atoms with van der Waals surface area (Å²) in [6.45, 7) is 0.710. The second-order valence-corrected chi connectivity index (χ2v) is 4.45. The molecule has 2 aromatic rings. The van der Waals surface area contributed by atoms with E-state index in [1.165, 1.54) is 22.7 Å². The van der Waals surface area contributed by atoms with Crippen LogP contribution in [-0.4, -0.2) is 11.2 Å². The van der Waals surface area contributed by atoms with Gasteiger partial charge in [-0.3, -0.25) is 0 Å². The van der Waals surface area contributed by atoms with E-state index in [0.29, 0.717) is 6.54 Å². The van der Waals surface area contributed by atoms with Gasteiger partial charge in [-0.1, -0.05) is 12.1 Å². The molecule has 0 aliphatic rings. The first kappa shape index (κ1) is 11.9. The highest BCUT2D eigenvalue weighted by Gasteiger charge is 1.96. The lowest BCUT2D eigenvalue weighted by molar-refractivity contribution is 0.584. The molecule has 0 bridgehead atoms. The van der Waals surface area contributed by atoms with Crippen molar-refractivity contribution in [3.8, 4) is 0 Å². The monoisotopic (exact) mass is 248 g/mol. The van der Waals surface area contributed by atoms with Crippen molar-refractivity contribution in [2.24, 2.45) is 0 Å². The first-order valence-corrected chi connectivity index (χ1v) is 6.49. The number of anilines is 1. The van der Waals surface area contributed by atoms with Crippen molar-refractivity contribution in [2.75, 3.05) is 11.6 Å². The molecule has 0 unspecified atom stereocenters. The molecule has 1 aromatic heterocycles. The zero-order chi connectivity index (χ0) is 12.1. The molecule has 0 fully saturated rings. The summed E-state index contributed by atoms with van der Waals surface area (Å²) >= 11 is 1.72. The number of thioether (sulfide) groups is 1. The molecule has 0 saturated carbocycles. The zero-order valence-corrected chi connectivity index (χ0v) is 10.3. The van der Waals surface area contributed by atoms with Gasteiger partial charge in [0.15, 0.2) is 0 Å². The molecule has 0 spiro atoms. The van der Waals surface area contributed by atoms with Crippen LogP contribution in [0.3, 0.4) is 0 Å². The van der Waals surface area contributed by atoms with Gasteiger partial charge in [-0.15, -0.1) is 11.8 Å². The van der Waals surface area contributed by atoms with Crippen LogP contribution in [0.15, 0.2) is 47.5 Å². The van der Waals surface area contributed by atoms with Gasteiger partial charge in [0.25, 0.3) is 0 Å². The predicted octanol–water partition coefficient (Wildman–Crippen LogP) is 3.55. The first-order valence-electron chi connectivity index (χ1n) is 5.26. The van der Waals surface area contributed by atoms with Crippen LogP contribution in [0.2, 0.25) is 0 Å². The van der Waals surface area contributed by atoms with Gasteiger partial charge in [0, 0.05) is 11.4 Å². The van der Waals surface area contributed by atoms with E-state index in [1.54, 1.807) is 17.8 Å². The van der Waals surface area contributed by atoms with E-state index in [0.717, 1.165) is 5.69 Å². The standard InChI is InChI=1S/C13H13FN2S/c1-17-12-5-2-10(3-6-12)8-15-11-4-7-13(14)16-9-11/h2-7,9,15H,8H2,1H3. The minimum atomic E-state index is -0.458. The van der Waals surface area contributed by atoms with Crippen LogP contribution in [0.5, 0.6) is 0 Å². The summed E-state index contributed by atoms with van der Waals surface area (Å²) in [5.74, 6) is -0.458. The zero-order valence-electron chi connectivity index (χ0n) is 9.48. The molecule has 1 N–H and O–H groups in total. The van der Waals surface area contributed by atoms with Crippen LogP contribution < -0.4 is 5.32 Å². The molecule has 1 aromatic carbocycles. The molecule has 0 aliphatic carbocycles. The van der Waals surface area contributed by atoms with Crippen LogP contribution in [0.1, 0.15) is 5.56 Å². The average Bonchev–Trinajstić information content (AvgIpc) is 2.39. The van der Waals surface area contributed by atoms with E-state index in [1.807, 2.05) is 0 Å². The van der Waals surface area contributed by atoms with Crippen molar-refractivity contribution >= 4 is 17.4 Å². The van der Waals surface area contributed by atoms with E-state index in [-0.39, 0.29) is 0 Å². The summed E-state index contributed by atoms with van der Waals surface area (Å²) in [5, 5.41) is 3.19. The SMILES string of the molecule is CSc1ccc(CNc2ccc(F)nc2)cc1. The highest BCUT2D eigenvalue weighted by molar-refractivity contribution is 7.98. The van der Waals surface area contributed by atoms with Crippen molar-refractivity contribution in [2.45, 2.75) is 11.4 Å². The highest BCUT2D eigenvalue weighted by atomic mass is 32.2. The molecule has 0 atom stereocenters. The molecule has 0 saturated heterocycles. The largest absolute Gasteiger partial charge is 0.380 e. The van der Waals surface area contributed by atoms with Crippen molar-refractivity contribution in [3.63, 3.8) is 0 Å². The second kappa shape index (κ2) is 5.68. The molecule has 0 aliphatic heterocycles. The topological polar surface area (TPSA) is 24.9 Å². The number of pyridine rings is 1. The quantitative estimate of drug-likeness (QED) is 0.661. The van der Waals surface area contributed by atoms with Gasteiger partial charge < -0.3 is 5.32 Å². The normalized spacial score (nSPS) is 10.2. The van der Waals surface area contributed by atoms with E-state index >= 15 is 0 Å². The molecule has 4 heteroatoms. The van der Waals surface area contributed by atoms with Crippen LogP contribution in [-0.2, 0) is 6.54 Å². The van der Waals surface area contributed by atoms with Crippen LogP contribution >= 0.6 is 11.8 Å². The number of nitrogens with one attached hydrogen (secondary N) is 1. The third-order valence-electron chi connectivity index (χ3n) is 2.38.